The number of rotatable bonds is 24. The second-order valence-corrected chi connectivity index (χ2v) is 15.6. The molecule has 0 fully saturated rings. The van der Waals surface area contributed by atoms with Crippen LogP contribution in [0.2, 0.25) is 0 Å². The van der Waals surface area contributed by atoms with Crippen molar-refractivity contribution in [3.8, 4) is 0 Å². The van der Waals surface area contributed by atoms with E-state index < -0.39 is 30.4 Å². The summed E-state index contributed by atoms with van der Waals surface area (Å²) in [4.78, 5) is 55.8. The second-order valence-electron chi connectivity index (χ2n) is 13.0. The summed E-state index contributed by atoms with van der Waals surface area (Å²) in [5.41, 5.74) is 0. The normalized spacial score (nSPS) is 10.7. The quantitative estimate of drug-likeness (QED) is 0.0236. The summed E-state index contributed by atoms with van der Waals surface area (Å²) in [5.74, 6) is 1.49. The standard InChI is InChI=1S/2C19H24O7S.CHO2.2Ca.H2O/c2*1-14-10-11-17(25-14)15(20)8-6-4-2-3-5-7-9-16(21)18-12-13-19(26-18)27(22,23)24;2-1-3;;;/h2*10-13H,2-9H2,1H3,(H,22,23,24);(H,2,3);;;1H2/q;;-1;2*+2;/p-2. The van der Waals surface area contributed by atoms with Crippen molar-refractivity contribution in [1.82, 2.24) is 0 Å². The van der Waals surface area contributed by atoms with E-state index in [1.54, 1.807) is 38.1 Å². The molecule has 0 unspecified atom stereocenters. The smallest absolute Gasteiger partial charge is 0.870 e. The largest absolute Gasteiger partial charge is 2.00 e. The molecule has 0 aliphatic rings. The minimum absolute atomic E-state index is 0. The van der Waals surface area contributed by atoms with E-state index in [0.717, 1.165) is 87.9 Å². The van der Waals surface area contributed by atoms with Gasteiger partial charge in [0, 0.05) is 25.7 Å². The van der Waals surface area contributed by atoms with Gasteiger partial charge in [0.25, 0.3) is 0 Å². The van der Waals surface area contributed by atoms with Crippen LogP contribution < -0.4 is 0 Å². The molecule has 4 rings (SSSR count). The molecule has 0 aromatic carbocycles. The first-order chi connectivity index (χ1) is 27.0. The molecule has 2 N–H and O–H groups in total. The number of hydrogen-bond donors (Lipinski definition) is 1. The van der Waals surface area contributed by atoms with Crippen molar-refractivity contribution < 1.29 is 79.6 Å². The van der Waals surface area contributed by atoms with E-state index in [1.807, 2.05) is 0 Å². The number of carbonyl (C=O) groups is 4. The zero-order valence-electron chi connectivity index (χ0n) is 34.7. The van der Waals surface area contributed by atoms with Crippen molar-refractivity contribution in [1.29, 1.82) is 0 Å². The van der Waals surface area contributed by atoms with Crippen molar-refractivity contribution in [3.63, 3.8) is 0 Å². The third-order valence-corrected chi connectivity index (χ3v) is 9.78. The van der Waals surface area contributed by atoms with Crippen LogP contribution in [0.25, 0.3) is 0 Å². The van der Waals surface area contributed by atoms with Gasteiger partial charge < -0.3 is 42.2 Å². The Bertz CT molecular complexity index is 1970. The number of ketones is 4. The summed E-state index contributed by atoms with van der Waals surface area (Å²) in [7, 11) is -9.35. The average molecular weight is 934 g/mol. The zero-order chi connectivity index (χ0) is 42.4. The summed E-state index contributed by atoms with van der Waals surface area (Å²) >= 11 is 0. The Balaban J connectivity index is -0.000000975. The zero-order valence-corrected chi connectivity index (χ0v) is 39.7. The van der Waals surface area contributed by atoms with Gasteiger partial charge in [0.2, 0.25) is 10.2 Å². The van der Waals surface area contributed by atoms with Crippen LogP contribution in [0.15, 0.2) is 76.4 Å². The molecule has 0 bridgehead atoms. The topological polar surface area (TPSA) is 303 Å². The third kappa shape index (κ3) is 23.7. The molecule has 0 radical (unpaired) electrons. The van der Waals surface area contributed by atoms with Gasteiger partial charge in [-0.2, -0.15) is 0 Å². The van der Waals surface area contributed by atoms with E-state index in [9.17, 15) is 45.1 Å². The molecule has 4 aromatic heterocycles. The van der Waals surface area contributed by atoms with E-state index in [4.69, 9.17) is 27.6 Å². The fraction of sp³-hybridized carbons (Fsp3) is 0.462. The summed E-state index contributed by atoms with van der Waals surface area (Å²) < 4.78 is 84.9. The molecule has 0 aliphatic heterocycles. The Morgan fingerprint density at radius 3 is 0.917 bits per heavy atom. The van der Waals surface area contributed by atoms with E-state index in [2.05, 4.69) is 0 Å². The molecule has 0 spiro atoms. The molecule has 0 atom stereocenters. The molecule has 322 valence electrons. The van der Waals surface area contributed by atoms with Crippen molar-refractivity contribution in [2.75, 3.05) is 0 Å². The number of hydrogen-bond acceptors (Lipinski definition) is 16. The minimum atomic E-state index is -4.68. The predicted octanol–water partition coefficient (Wildman–Crippen LogP) is 7.33. The van der Waals surface area contributed by atoms with Gasteiger partial charge in [-0.15, -0.1) is 0 Å². The Morgan fingerprint density at radius 1 is 0.500 bits per heavy atom. The van der Waals surface area contributed by atoms with E-state index in [-0.39, 0.29) is 130 Å². The van der Waals surface area contributed by atoms with Crippen LogP contribution >= 0.6 is 0 Å². The van der Waals surface area contributed by atoms with Gasteiger partial charge in [-0.25, -0.2) is 16.8 Å². The third-order valence-electron chi connectivity index (χ3n) is 8.35. The summed E-state index contributed by atoms with van der Waals surface area (Å²) in [6.45, 7) is 4.11. The van der Waals surface area contributed by atoms with Crippen LogP contribution in [0.4, 0.5) is 0 Å². The maximum atomic E-state index is 11.9. The molecule has 4 aromatic rings. The Kier molecular flexibility index (Phi) is 31.2. The van der Waals surface area contributed by atoms with Crippen molar-refractivity contribution in [3.05, 3.63) is 83.1 Å². The van der Waals surface area contributed by atoms with Gasteiger partial charge in [0.1, 0.15) is 11.5 Å². The van der Waals surface area contributed by atoms with Crippen molar-refractivity contribution in [2.45, 2.75) is 127 Å². The van der Waals surface area contributed by atoms with Gasteiger partial charge in [0.15, 0.2) is 66.4 Å². The van der Waals surface area contributed by atoms with Gasteiger partial charge in [0.05, 0.1) is 0 Å². The number of aliphatic hydroxyl groups excluding tert-OH is 1. The number of unbranched alkanes of at least 4 members (excludes halogenated alkanes) is 10. The summed E-state index contributed by atoms with van der Waals surface area (Å²) in [5, 5.41) is 5.30. The Morgan fingerprint density at radius 2 is 0.717 bits per heavy atom. The molecule has 0 aliphatic carbocycles. The molecule has 0 saturated heterocycles. The van der Waals surface area contributed by atoms with Crippen molar-refractivity contribution in [2.24, 2.45) is 0 Å². The number of aryl methyl sites for hydroxylation is 2. The van der Waals surface area contributed by atoms with E-state index >= 15 is 0 Å². The molecule has 0 amide bonds. The molecule has 21 heteroatoms. The van der Waals surface area contributed by atoms with Gasteiger partial charge in [-0.3, -0.25) is 19.2 Å². The van der Waals surface area contributed by atoms with E-state index in [1.165, 1.54) is 12.1 Å². The Hall–Kier alpha value is -2.43. The molecular formula is C39H49Ca2O17S2+. The summed E-state index contributed by atoms with van der Waals surface area (Å²) in [6.07, 6.45) is 11.7. The maximum Gasteiger partial charge on any atom is 2.00 e. The first-order valence-corrected chi connectivity index (χ1v) is 21.2. The summed E-state index contributed by atoms with van der Waals surface area (Å²) in [6, 6.07) is 11.4. The van der Waals surface area contributed by atoms with Crippen LogP contribution in [0.3, 0.4) is 0 Å². The molecule has 0 saturated carbocycles. The molecular weight excluding hydrogens is 885 g/mol. The van der Waals surface area contributed by atoms with Gasteiger partial charge in [-0.05, 0) is 88.1 Å². The maximum absolute atomic E-state index is 11.9. The van der Waals surface area contributed by atoms with E-state index in [0.29, 0.717) is 43.7 Å². The van der Waals surface area contributed by atoms with Crippen LogP contribution in [-0.2, 0) is 25.0 Å². The number of Topliss-reactive ketones (excluding diaryl/α,β-unsaturated/α-hetero) is 4. The fourth-order valence-electron chi connectivity index (χ4n) is 5.43. The van der Waals surface area contributed by atoms with Crippen LogP contribution in [0.1, 0.15) is 158 Å². The molecule has 4 heterocycles. The number of carbonyl (C=O) groups excluding carboxylic acids is 4. The second kappa shape index (κ2) is 31.4. The Labute approximate surface area is 410 Å². The minimum Gasteiger partial charge on any atom is -0.870 e. The van der Waals surface area contributed by atoms with Crippen LogP contribution in [0, 0.1) is 13.8 Å². The van der Waals surface area contributed by atoms with Gasteiger partial charge >= 0.3 is 76.9 Å². The first kappa shape index (κ1) is 59.7. The van der Waals surface area contributed by atoms with Gasteiger partial charge in [-0.1, -0.05) is 57.8 Å². The van der Waals surface area contributed by atoms with Crippen molar-refractivity contribution >= 4 is 125 Å². The van der Waals surface area contributed by atoms with Crippen LogP contribution in [0.5, 0.6) is 0 Å². The fourth-order valence-corrected chi connectivity index (χ4v) is 6.28. The number of furan rings is 4. The molecule has 17 nitrogen and oxygen atoms in total. The average Bonchev–Trinajstić information content (AvgIpc) is 3.98. The molecule has 60 heavy (non-hydrogen) atoms. The monoisotopic (exact) mass is 933 g/mol. The predicted molar refractivity (Wildman–Crippen MR) is 214 cm³/mol. The SMILES string of the molecule is Cc1ccc(C(=O)CCCCCCCCC(=O)c2ccc(S(=O)(=O)[O-])o2)o1.Cc1ccc(C(=O)CCCCCCCCC(=O)c2ccc(S(=O)(=O)[O-])o2)o1.O=[C-]O.[Ca+2].[Ca+2].[H+].[OH-]. The van der Waals surface area contributed by atoms with Crippen LogP contribution in [-0.4, -0.2) is 142 Å². The first-order valence-electron chi connectivity index (χ1n) is 18.3.